The first-order chi connectivity index (χ1) is 13.3. The molecule has 1 saturated heterocycles. The molecule has 2 aliphatic rings. The lowest BCUT2D eigenvalue weighted by Crippen LogP contribution is -2.57. The largest absolute Gasteiger partial charge is 0.390 e. The number of nitrogens with zero attached hydrogens (tertiary/aromatic N) is 1. The quantitative estimate of drug-likeness (QED) is 0.599. The molecule has 3 N–H and O–H groups in total. The molecule has 1 saturated carbocycles. The number of amides is 1. The van der Waals surface area contributed by atoms with Gasteiger partial charge in [0, 0.05) is 19.6 Å². The molecular formula is C23H36N2O3. The van der Waals surface area contributed by atoms with Crippen LogP contribution in [-0.2, 0) is 11.3 Å². The van der Waals surface area contributed by atoms with Gasteiger partial charge in [0.1, 0.15) is 0 Å². The van der Waals surface area contributed by atoms with Crippen molar-refractivity contribution < 1.29 is 15.0 Å². The van der Waals surface area contributed by atoms with E-state index in [1.807, 2.05) is 0 Å². The molecule has 0 unspecified atom stereocenters. The van der Waals surface area contributed by atoms with Crippen molar-refractivity contribution in [1.82, 2.24) is 10.2 Å². The van der Waals surface area contributed by atoms with Crippen molar-refractivity contribution in [2.24, 2.45) is 0 Å². The van der Waals surface area contributed by atoms with Gasteiger partial charge >= 0.3 is 0 Å². The first kappa shape index (κ1) is 21.3. The minimum atomic E-state index is -1.34. The molecule has 1 aromatic carbocycles. The molecule has 28 heavy (non-hydrogen) atoms. The van der Waals surface area contributed by atoms with E-state index < -0.39 is 11.2 Å². The standard InChI is InChI=1S/C23H36N2O3/c1-18(2)20-8-6-19(7-9-20)16-25-15-5-12-23(28,21(25)26)17-24-14-13-22(27)10-3-4-11-22/h6-9,18,24,27-28H,3-5,10-17H2,1-2H3/t23-/m0/s1. The Morgan fingerprint density at radius 2 is 1.75 bits per heavy atom. The molecule has 1 aromatic rings. The number of likely N-dealkylation sites (tertiary alicyclic amines) is 1. The van der Waals surface area contributed by atoms with Crippen molar-refractivity contribution in [3.05, 3.63) is 35.4 Å². The molecular weight excluding hydrogens is 352 g/mol. The van der Waals surface area contributed by atoms with Crippen molar-refractivity contribution in [3.8, 4) is 0 Å². The number of benzene rings is 1. The van der Waals surface area contributed by atoms with E-state index in [9.17, 15) is 15.0 Å². The summed E-state index contributed by atoms with van der Waals surface area (Å²) in [6.07, 6.45) is 5.88. The zero-order valence-electron chi connectivity index (χ0n) is 17.4. The Bertz CT molecular complexity index is 652. The minimum absolute atomic E-state index is 0.182. The zero-order chi connectivity index (χ0) is 20.2. The zero-order valence-corrected chi connectivity index (χ0v) is 17.4. The van der Waals surface area contributed by atoms with Gasteiger partial charge in [0.25, 0.3) is 5.91 Å². The van der Waals surface area contributed by atoms with Gasteiger partial charge in [-0.2, -0.15) is 0 Å². The van der Waals surface area contributed by atoms with Crippen LogP contribution in [0.3, 0.4) is 0 Å². The Labute approximate surface area is 169 Å². The molecule has 2 fully saturated rings. The number of nitrogens with one attached hydrogen (secondary N) is 1. The maximum atomic E-state index is 12.9. The molecule has 0 spiro atoms. The molecule has 0 radical (unpaired) electrons. The number of hydrogen-bond acceptors (Lipinski definition) is 4. The van der Waals surface area contributed by atoms with Gasteiger partial charge in [-0.1, -0.05) is 51.0 Å². The maximum Gasteiger partial charge on any atom is 0.256 e. The highest BCUT2D eigenvalue weighted by molar-refractivity contribution is 5.86. The van der Waals surface area contributed by atoms with Crippen molar-refractivity contribution in [2.45, 2.75) is 82.5 Å². The summed E-state index contributed by atoms with van der Waals surface area (Å²) in [6.45, 7) is 6.45. The number of aliphatic hydroxyl groups is 2. The molecule has 3 rings (SSSR count). The molecule has 0 bridgehead atoms. The molecule has 1 heterocycles. The van der Waals surface area contributed by atoms with Gasteiger partial charge in [-0.25, -0.2) is 0 Å². The van der Waals surface area contributed by atoms with Crippen LogP contribution in [0, 0.1) is 0 Å². The van der Waals surface area contributed by atoms with Gasteiger partial charge < -0.3 is 20.4 Å². The molecule has 5 nitrogen and oxygen atoms in total. The third-order valence-corrected chi connectivity index (χ3v) is 6.44. The van der Waals surface area contributed by atoms with Crippen LogP contribution in [0.4, 0.5) is 0 Å². The van der Waals surface area contributed by atoms with Crippen LogP contribution in [0.1, 0.15) is 75.8 Å². The second-order valence-electron chi connectivity index (χ2n) is 9.12. The van der Waals surface area contributed by atoms with Crippen LogP contribution >= 0.6 is 0 Å². The SMILES string of the molecule is CC(C)c1ccc(CN2CCC[C@](O)(CNCCC3(O)CCCC3)C2=O)cc1. The van der Waals surface area contributed by atoms with Crippen molar-refractivity contribution in [2.75, 3.05) is 19.6 Å². The van der Waals surface area contributed by atoms with Crippen LogP contribution in [0.2, 0.25) is 0 Å². The van der Waals surface area contributed by atoms with Gasteiger partial charge in [0.15, 0.2) is 5.60 Å². The Morgan fingerprint density at radius 1 is 1.07 bits per heavy atom. The molecule has 1 aliphatic heterocycles. The third kappa shape index (κ3) is 5.13. The first-order valence-electron chi connectivity index (χ1n) is 10.9. The van der Waals surface area contributed by atoms with E-state index >= 15 is 0 Å². The molecule has 0 aromatic heterocycles. The van der Waals surface area contributed by atoms with Crippen LogP contribution in [0.15, 0.2) is 24.3 Å². The Balaban J connectivity index is 1.51. The van der Waals surface area contributed by atoms with Crippen LogP contribution in [-0.4, -0.2) is 51.9 Å². The van der Waals surface area contributed by atoms with Crippen molar-refractivity contribution in [3.63, 3.8) is 0 Å². The molecule has 1 atom stereocenters. The highest BCUT2D eigenvalue weighted by Gasteiger charge is 2.42. The Morgan fingerprint density at radius 3 is 2.39 bits per heavy atom. The van der Waals surface area contributed by atoms with Gasteiger partial charge in [-0.15, -0.1) is 0 Å². The van der Waals surface area contributed by atoms with E-state index in [0.29, 0.717) is 38.4 Å². The summed E-state index contributed by atoms with van der Waals surface area (Å²) in [4.78, 5) is 14.7. The summed E-state index contributed by atoms with van der Waals surface area (Å²) in [5.74, 6) is 0.308. The molecule has 5 heteroatoms. The van der Waals surface area contributed by atoms with Gasteiger partial charge in [-0.05, 0) is 55.7 Å². The lowest BCUT2D eigenvalue weighted by atomic mass is 9.91. The molecule has 156 valence electrons. The first-order valence-corrected chi connectivity index (χ1v) is 10.9. The van der Waals surface area contributed by atoms with Crippen molar-refractivity contribution >= 4 is 5.91 Å². The van der Waals surface area contributed by atoms with Crippen LogP contribution in [0.25, 0.3) is 0 Å². The summed E-state index contributed by atoms with van der Waals surface area (Å²) in [5.41, 5.74) is 0.492. The highest BCUT2D eigenvalue weighted by atomic mass is 16.3. The number of carbonyl (C=O) groups excluding carboxylic acids is 1. The van der Waals surface area contributed by atoms with Crippen LogP contribution in [0.5, 0.6) is 0 Å². The monoisotopic (exact) mass is 388 g/mol. The fourth-order valence-corrected chi connectivity index (χ4v) is 4.51. The van der Waals surface area contributed by atoms with E-state index in [1.54, 1.807) is 4.90 Å². The molecule has 1 aliphatic carbocycles. The summed E-state index contributed by atoms with van der Waals surface area (Å²) < 4.78 is 0. The fraction of sp³-hybridized carbons (Fsp3) is 0.696. The summed E-state index contributed by atoms with van der Waals surface area (Å²) >= 11 is 0. The van der Waals surface area contributed by atoms with E-state index in [0.717, 1.165) is 37.7 Å². The fourth-order valence-electron chi connectivity index (χ4n) is 4.51. The van der Waals surface area contributed by atoms with E-state index in [1.165, 1.54) is 5.56 Å². The van der Waals surface area contributed by atoms with E-state index in [-0.39, 0.29) is 12.5 Å². The second-order valence-corrected chi connectivity index (χ2v) is 9.12. The third-order valence-electron chi connectivity index (χ3n) is 6.44. The number of carbonyl (C=O) groups is 1. The minimum Gasteiger partial charge on any atom is -0.390 e. The number of piperidine rings is 1. The smallest absolute Gasteiger partial charge is 0.256 e. The molecule has 1 amide bonds. The van der Waals surface area contributed by atoms with Crippen LogP contribution < -0.4 is 5.32 Å². The predicted molar refractivity (Wildman–Crippen MR) is 111 cm³/mol. The van der Waals surface area contributed by atoms with E-state index in [4.69, 9.17) is 0 Å². The van der Waals surface area contributed by atoms with E-state index in [2.05, 4.69) is 43.4 Å². The Kier molecular flexibility index (Phi) is 6.79. The lowest BCUT2D eigenvalue weighted by Gasteiger charge is -2.38. The van der Waals surface area contributed by atoms with Gasteiger partial charge in [0.2, 0.25) is 0 Å². The second kappa shape index (κ2) is 8.93. The van der Waals surface area contributed by atoms with Gasteiger partial charge in [-0.3, -0.25) is 4.79 Å². The number of hydrogen-bond donors (Lipinski definition) is 3. The normalized spacial score (nSPS) is 24.9. The van der Waals surface area contributed by atoms with Crippen molar-refractivity contribution in [1.29, 1.82) is 0 Å². The average Bonchev–Trinajstić information content (AvgIpc) is 3.10. The van der Waals surface area contributed by atoms with Gasteiger partial charge in [0.05, 0.1) is 5.60 Å². The topological polar surface area (TPSA) is 72.8 Å². The highest BCUT2D eigenvalue weighted by Crippen LogP contribution is 2.32. The summed E-state index contributed by atoms with van der Waals surface area (Å²) in [7, 11) is 0. The summed E-state index contributed by atoms with van der Waals surface area (Å²) in [5, 5.41) is 24.6. The Hall–Kier alpha value is -1.43. The predicted octanol–water partition coefficient (Wildman–Crippen LogP) is 2.95. The maximum absolute atomic E-state index is 12.9. The lowest BCUT2D eigenvalue weighted by molar-refractivity contribution is -0.157. The summed E-state index contributed by atoms with van der Waals surface area (Å²) in [6, 6.07) is 8.40. The number of rotatable bonds is 8. The average molecular weight is 389 g/mol.